The van der Waals surface area contributed by atoms with E-state index in [-0.39, 0.29) is 18.3 Å². The van der Waals surface area contributed by atoms with Crippen LogP contribution >= 0.6 is 0 Å². The van der Waals surface area contributed by atoms with Crippen LogP contribution in [0.1, 0.15) is 12.5 Å². The summed E-state index contributed by atoms with van der Waals surface area (Å²) in [6.07, 6.45) is 0. The van der Waals surface area contributed by atoms with Gasteiger partial charge in [0.15, 0.2) is 18.2 Å². The van der Waals surface area contributed by atoms with Crippen LogP contribution < -0.4 is 15.8 Å². The van der Waals surface area contributed by atoms with E-state index < -0.39 is 5.82 Å². The molecule has 88 valence electrons. The number of likely N-dealkylation sites (N-methyl/N-ethyl adjacent to an activating group) is 1. The van der Waals surface area contributed by atoms with Crippen molar-refractivity contribution in [3.63, 3.8) is 0 Å². The maximum atomic E-state index is 13.3. The van der Waals surface area contributed by atoms with Crippen LogP contribution in [0.25, 0.3) is 0 Å². The molecule has 0 aromatic heterocycles. The van der Waals surface area contributed by atoms with Gasteiger partial charge in [0.05, 0.1) is 0 Å². The minimum absolute atomic E-state index is 0.0398. The molecule has 0 aliphatic carbocycles. The van der Waals surface area contributed by atoms with E-state index in [2.05, 4.69) is 5.32 Å². The van der Waals surface area contributed by atoms with Crippen molar-refractivity contribution in [2.45, 2.75) is 13.8 Å². The number of hydrogen-bond acceptors (Lipinski definition) is 3. The smallest absolute Gasteiger partial charge is 0.257 e. The van der Waals surface area contributed by atoms with Crippen molar-refractivity contribution in [1.29, 1.82) is 0 Å². The molecule has 16 heavy (non-hydrogen) atoms. The molecule has 0 atom stereocenters. The molecule has 1 amide bonds. The average molecular weight is 226 g/mol. The van der Waals surface area contributed by atoms with Crippen molar-refractivity contribution in [3.05, 3.63) is 23.5 Å². The highest BCUT2D eigenvalue weighted by atomic mass is 19.1. The second-order valence-corrected chi connectivity index (χ2v) is 3.38. The Morgan fingerprint density at radius 3 is 2.88 bits per heavy atom. The number of carbonyl (C=O) groups excluding carboxylic acids is 1. The number of ether oxygens (including phenoxy) is 1. The molecule has 1 rings (SSSR count). The third-order valence-electron chi connectivity index (χ3n) is 2.05. The van der Waals surface area contributed by atoms with E-state index in [0.29, 0.717) is 17.8 Å². The second kappa shape index (κ2) is 5.34. The molecule has 5 heteroatoms. The first kappa shape index (κ1) is 12.3. The van der Waals surface area contributed by atoms with Gasteiger partial charge in [0.2, 0.25) is 0 Å². The molecule has 0 heterocycles. The number of rotatable bonds is 4. The molecule has 0 saturated heterocycles. The summed E-state index contributed by atoms with van der Waals surface area (Å²) >= 11 is 0. The van der Waals surface area contributed by atoms with Gasteiger partial charge in [0, 0.05) is 18.3 Å². The van der Waals surface area contributed by atoms with Crippen molar-refractivity contribution >= 4 is 11.6 Å². The van der Waals surface area contributed by atoms with Crippen LogP contribution in [0.5, 0.6) is 5.75 Å². The highest BCUT2D eigenvalue weighted by Gasteiger charge is 2.08. The lowest BCUT2D eigenvalue weighted by Crippen LogP contribution is -2.28. The van der Waals surface area contributed by atoms with Gasteiger partial charge < -0.3 is 15.8 Å². The monoisotopic (exact) mass is 226 g/mol. The van der Waals surface area contributed by atoms with Crippen LogP contribution in [0, 0.1) is 12.7 Å². The maximum absolute atomic E-state index is 13.3. The highest BCUT2D eigenvalue weighted by molar-refractivity contribution is 5.77. The van der Waals surface area contributed by atoms with Gasteiger partial charge in [0.1, 0.15) is 0 Å². The fourth-order valence-electron chi connectivity index (χ4n) is 1.17. The first-order valence-corrected chi connectivity index (χ1v) is 4.99. The van der Waals surface area contributed by atoms with Gasteiger partial charge in [-0.1, -0.05) is 0 Å². The lowest BCUT2D eigenvalue weighted by atomic mass is 10.2. The van der Waals surface area contributed by atoms with Crippen molar-refractivity contribution in [2.24, 2.45) is 0 Å². The summed E-state index contributed by atoms with van der Waals surface area (Å²) < 4.78 is 18.4. The van der Waals surface area contributed by atoms with Crippen LogP contribution in [-0.2, 0) is 4.79 Å². The number of nitrogen functional groups attached to an aromatic ring is 1. The van der Waals surface area contributed by atoms with Crippen molar-refractivity contribution in [1.82, 2.24) is 5.32 Å². The predicted molar refractivity (Wildman–Crippen MR) is 59.7 cm³/mol. The molecule has 0 bridgehead atoms. The molecular formula is C11H15FN2O2. The van der Waals surface area contributed by atoms with Crippen molar-refractivity contribution in [2.75, 3.05) is 18.9 Å². The Bertz CT molecular complexity index is 394. The molecule has 0 aliphatic rings. The van der Waals surface area contributed by atoms with Crippen LogP contribution in [0.3, 0.4) is 0 Å². The van der Waals surface area contributed by atoms with Gasteiger partial charge in [-0.05, 0) is 25.5 Å². The molecular weight excluding hydrogens is 211 g/mol. The molecule has 0 unspecified atom stereocenters. The minimum atomic E-state index is -0.563. The van der Waals surface area contributed by atoms with Crippen LogP contribution in [0.4, 0.5) is 10.1 Å². The Morgan fingerprint density at radius 1 is 1.56 bits per heavy atom. The number of nitrogens with one attached hydrogen (secondary N) is 1. The van der Waals surface area contributed by atoms with Crippen LogP contribution in [0.15, 0.2) is 12.1 Å². The van der Waals surface area contributed by atoms with Crippen molar-refractivity contribution < 1.29 is 13.9 Å². The Hall–Kier alpha value is -1.78. The van der Waals surface area contributed by atoms with E-state index in [0.717, 1.165) is 0 Å². The Kier molecular flexibility index (Phi) is 4.10. The van der Waals surface area contributed by atoms with E-state index in [1.54, 1.807) is 13.8 Å². The normalized spacial score (nSPS) is 9.94. The first-order chi connectivity index (χ1) is 7.54. The third kappa shape index (κ3) is 3.12. The molecule has 0 fully saturated rings. The maximum Gasteiger partial charge on any atom is 0.257 e. The first-order valence-electron chi connectivity index (χ1n) is 4.99. The van der Waals surface area contributed by atoms with Crippen LogP contribution in [-0.4, -0.2) is 19.1 Å². The number of amides is 1. The predicted octanol–water partition coefficient (Wildman–Crippen LogP) is 1.23. The molecule has 1 aromatic rings. The molecule has 0 radical (unpaired) electrons. The minimum Gasteiger partial charge on any atom is -0.481 e. The van der Waals surface area contributed by atoms with Gasteiger partial charge in [-0.2, -0.15) is 0 Å². The average Bonchev–Trinajstić information content (AvgIpc) is 2.22. The Labute approximate surface area is 93.6 Å². The van der Waals surface area contributed by atoms with E-state index >= 15 is 0 Å². The fourth-order valence-corrected chi connectivity index (χ4v) is 1.17. The summed E-state index contributed by atoms with van der Waals surface area (Å²) in [5.41, 5.74) is 6.60. The summed E-state index contributed by atoms with van der Waals surface area (Å²) in [5, 5.41) is 2.55. The lowest BCUT2D eigenvalue weighted by molar-refractivity contribution is -0.123. The third-order valence-corrected chi connectivity index (χ3v) is 2.05. The molecule has 1 aromatic carbocycles. The van der Waals surface area contributed by atoms with E-state index in [1.165, 1.54) is 12.1 Å². The number of hydrogen-bond donors (Lipinski definition) is 2. The number of anilines is 1. The van der Waals surface area contributed by atoms with E-state index in [1.807, 2.05) is 0 Å². The zero-order valence-corrected chi connectivity index (χ0v) is 9.34. The van der Waals surface area contributed by atoms with Crippen LogP contribution in [0.2, 0.25) is 0 Å². The van der Waals surface area contributed by atoms with Crippen molar-refractivity contribution in [3.8, 4) is 5.75 Å². The summed E-state index contributed by atoms with van der Waals surface area (Å²) in [6, 6.07) is 2.66. The van der Waals surface area contributed by atoms with Gasteiger partial charge >= 0.3 is 0 Å². The SMILES string of the molecule is CCNC(=O)COc1cc(C)c(N)cc1F. The van der Waals surface area contributed by atoms with E-state index in [4.69, 9.17) is 10.5 Å². The highest BCUT2D eigenvalue weighted by Crippen LogP contribution is 2.23. The zero-order valence-electron chi connectivity index (χ0n) is 9.34. The lowest BCUT2D eigenvalue weighted by Gasteiger charge is -2.09. The quantitative estimate of drug-likeness (QED) is 0.759. The molecule has 0 spiro atoms. The Balaban J connectivity index is 2.67. The van der Waals surface area contributed by atoms with Gasteiger partial charge in [-0.3, -0.25) is 4.79 Å². The topological polar surface area (TPSA) is 64.3 Å². The molecule has 4 nitrogen and oxygen atoms in total. The number of nitrogens with two attached hydrogens (primary N) is 1. The summed E-state index contributed by atoms with van der Waals surface area (Å²) in [7, 11) is 0. The molecule has 3 N–H and O–H groups in total. The Morgan fingerprint density at radius 2 is 2.25 bits per heavy atom. The van der Waals surface area contributed by atoms with Gasteiger partial charge in [-0.25, -0.2) is 4.39 Å². The summed E-state index contributed by atoms with van der Waals surface area (Å²) in [4.78, 5) is 11.1. The number of benzene rings is 1. The van der Waals surface area contributed by atoms with E-state index in [9.17, 15) is 9.18 Å². The standard InChI is InChI=1S/C11H15FN2O2/c1-3-14-11(15)6-16-10-4-7(2)9(13)5-8(10)12/h4-5H,3,6,13H2,1-2H3,(H,14,15). The largest absolute Gasteiger partial charge is 0.481 e. The number of carbonyl (C=O) groups is 1. The van der Waals surface area contributed by atoms with Gasteiger partial charge in [0.25, 0.3) is 5.91 Å². The summed E-state index contributed by atoms with van der Waals surface area (Å²) in [5.74, 6) is -0.804. The fraction of sp³-hybridized carbons (Fsp3) is 0.364. The molecule has 0 saturated carbocycles. The zero-order chi connectivity index (χ0) is 12.1. The number of aryl methyl sites for hydroxylation is 1. The number of halogens is 1. The second-order valence-electron chi connectivity index (χ2n) is 3.38. The molecule has 0 aliphatic heterocycles. The van der Waals surface area contributed by atoms with Gasteiger partial charge in [-0.15, -0.1) is 0 Å². The summed E-state index contributed by atoms with van der Waals surface area (Å²) in [6.45, 7) is 3.86.